The summed E-state index contributed by atoms with van der Waals surface area (Å²) in [5.41, 5.74) is 2.64. The van der Waals surface area contributed by atoms with Gasteiger partial charge in [0.1, 0.15) is 0 Å². The smallest absolute Gasteiger partial charge is 0.0401 e. The van der Waals surface area contributed by atoms with E-state index >= 15 is 0 Å². The lowest BCUT2D eigenvalue weighted by molar-refractivity contribution is 1.39. The third-order valence-electron chi connectivity index (χ3n) is 1.24. The average molecular weight is 136 g/mol. The van der Waals surface area contributed by atoms with E-state index in [1.165, 1.54) is 11.1 Å². The van der Waals surface area contributed by atoms with Crippen molar-refractivity contribution in [3.8, 4) is 0 Å². The Labute approximate surface area is 64.0 Å². The van der Waals surface area contributed by atoms with Crippen molar-refractivity contribution in [3.05, 3.63) is 35.5 Å². The molecule has 0 aliphatic heterocycles. The van der Waals surface area contributed by atoms with Gasteiger partial charge in [0.05, 0.1) is 0 Å². The first-order chi connectivity index (χ1) is 4.66. The predicted octanol–water partition coefficient (Wildman–Crippen LogP) is 3.48. The molecule has 0 heteroatoms. The molecule has 0 heterocycles. The van der Waals surface area contributed by atoms with Crippen LogP contribution in [-0.2, 0) is 0 Å². The molecule has 0 spiro atoms. The normalized spacial score (nSPS) is 12.2. The minimum Gasteiger partial charge on any atom is -0.0847 e. The van der Waals surface area contributed by atoms with Crippen molar-refractivity contribution in [3.63, 3.8) is 0 Å². The first kappa shape index (κ1) is 9.22. The van der Waals surface area contributed by atoms with Gasteiger partial charge in [-0.25, -0.2) is 0 Å². The molecule has 0 N–H and O–H groups in total. The minimum atomic E-state index is 1.30. The molecule has 10 heavy (non-hydrogen) atoms. The molecule has 0 aromatic rings. The van der Waals surface area contributed by atoms with Crippen molar-refractivity contribution in [2.75, 3.05) is 0 Å². The van der Waals surface area contributed by atoms with Gasteiger partial charge in [-0.3, -0.25) is 0 Å². The molecule has 0 rings (SSSR count). The Kier molecular flexibility index (Phi) is 4.65. The van der Waals surface area contributed by atoms with Gasteiger partial charge in [-0.2, -0.15) is 0 Å². The van der Waals surface area contributed by atoms with Gasteiger partial charge >= 0.3 is 0 Å². The summed E-state index contributed by atoms with van der Waals surface area (Å²) in [5, 5.41) is 0. The first-order valence-corrected chi connectivity index (χ1v) is 3.61. The molecule has 0 amide bonds. The fourth-order valence-corrected chi connectivity index (χ4v) is 0.489. The molecular weight excluding hydrogens is 120 g/mol. The summed E-state index contributed by atoms with van der Waals surface area (Å²) in [7, 11) is 0. The molecule has 0 aromatic carbocycles. The Balaban J connectivity index is 3.90. The van der Waals surface area contributed by atoms with Crippen molar-refractivity contribution in [2.45, 2.75) is 27.7 Å². The molecule has 0 unspecified atom stereocenters. The summed E-state index contributed by atoms with van der Waals surface area (Å²) in [6.45, 7) is 8.32. The highest BCUT2D eigenvalue weighted by molar-refractivity contribution is 5.20. The highest BCUT2D eigenvalue weighted by Gasteiger charge is 1.74. The molecule has 0 saturated carbocycles. The second kappa shape index (κ2) is 5.04. The van der Waals surface area contributed by atoms with Crippen LogP contribution in [0.25, 0.3) is 0 Å². The molecule has 0 bridgehead atoms. The third kappa shape index (κ3) is 5.36. The zero-order chi connectivity index (χ0) is 7.98. The number of allylic oxidation sites excluding steroid dienone is 6. The van der Waals surface area contributed by atoms with Crippen LogP contribution in [0.1, 0.15) is 27.7 Å². The highest BCUT2D eigenvalue weighted by Crippen LogP contribution is 1.95. The van der Waals surface area contributed by atoms with Crippen molar-refractivity contribution in [1.29, 1.82) is 0 Å². The van der Waals surface area contributed by atoms with E-state index in [4.69, 9.17) is 0 Å². The van der Waals surface area contributed by atoms with E-state index in [0.717, 1.165) is 0 Å². The first-order valence-electron chi connectivity index (χ1n) is 3.61. The van der Waals surface area contributed by atoms with E-state index < -0.39 is 0 Å². The van der Waals surface area contributed by atoms with Crippen molar-refractivity contribution < 1.29 is 0 Å². The summed E-state index contributed by atoms with van der Waals surface area (Å²) in [5.74, 6) is 0. The van der Waals surface area contributed by atoms with Crippen LogP contribution in [0.4, 0.5) is 0 Å². The maximum Gasteiger partial charge on any atom is -0.0401 e. The fourth-order valence-electron chi connectivity index (χ4n) is 0.489. The zero-order valence-electron chi connectivity index (χ0n) is 7.31. The van der Waals surface area contributed by atoms with Gasteiger partial charge in [-0.1, -0.05) is 35.5 Å². The number of hydrogen-bond donors (Lipinski definition) is 0. The highest BCUT2D eigenvalue weighted by atomic mass is 13.8. The Morgan fingerprint density at radius 3 is 2.10 bits per heavy atom. The summed E-state index contributed by atoms with van der Waals surface area (Å²) in [6, 6.07) is 0. The Morgan fingerprint density at radius 1 is 1.10 bits per heavy atom. The van der Waals surface area contributed by atoms with E-state index in [9.17, 15) is 0 Å². The lowest BCUT2D eigenvalue weighted by atomic mass is 10.2. The summed E-state index contributed by atoms with van der Waals surface area (Å²) in [4.78, 5) is 0. The average Bonchev–Trinajstić information content (AvgIpc) is 1.87. The largest absolute Gasteiger partial charge is 0.0847 e. The second-order valence-electron chi connectivity index (χ2n) is 2.64. The Bertz CT molecular complexity index is 164. The maximum absolute atomic E-state index is 2.10. The van der Waals surface area contributed by atoms with E-state index in [1.807, 2.05) is 6.92 Å². The van der Waals surface area contributed by atoms with Gasteiger partial charge in [0, 0.05) is 0 Å². The minimum absolute atomic E-state index is 1.30. The van der Waals surface area contributed by atoms with Gasteiger partial charge in [-0.15, -0.1) is 0 Å². The van der Waals surface area contributed by atoms with Crippen LogP contribution in [-0.4, -0.2) is 0 Å². The Hall–Kier alpha value is -0.780. The van der Waals surface area contributed by atoms with Crippen molar-refractivity contribution >= 4 is 0 Å². The maximum atomic E-state index is 2.10. The van der Waals surface area contributed by atoms with Crippen LogP contribution in [0.15, 0.2) is 35.5 Å². The van der Waals surface area contributed by atoms with Crippen molar-refractivity contribution in [1.82, 2.24) is 0 Å². The molecule has 0 aromatic heterocycles. The molecule has 0 aliphatic carbocycles. The number of hydrogen-bond acceptors (Lipinski definition) is 0. The predicted molar refractivity (Wildman–Crippen MR) is 48.0 cm³/mol. The monoisotopic (exact) mass is 136 g/mol. The molecule has 0 atom stereocenters. The summed E-state index contributed by atoms with van der Waals surface area (Å²) >= 11 is 0. The van der Waals surface area contributed by atoms with Crippen LogP contribution in [0.2, 0.25) is 0 Å². The molecule has 56 valence electrons. The molecule has 0 fully saturated rings. The van der Waals surface area contributed by atoms with Crippen LogP contribution < -0.4 is 0 Å². The van der Waals surface area contributed by atoms with Gasteiger partial charge in [0.2, 0.25) is 0 Å². The zero-order valence-corrected chi connectivity index (χ0v) is 7.31. The molecular formula is C10H16. The van der Waals surface area contributed by atoms with Crippen LogP contribution in [0, 0.1) is 0 Å². The standard InChI is InChI=1S/C10H16/c1-5-10(4)8-6-7-9(2)3/h5-8H,1-4H3/b8-6-,10-5-. The van der Waals surface area contributed by atoms with E-state index in [2.05, 4.69) is 45.1 Å². The summed E-state index contributed by atoms with van der Waals surface area (Å²) < 4.78 is 0. The van der Waals surface area contributed by atoms with Crippen molar-refractivity contribution in [2.24, 2.45) is 0 Å². The van der Waals surface area contributed by atoms with Gasteiger partial charge in [-0.05, 0) is 27.7 Å². The quantitative estimate of drug-likeness (QED) is 0.510. The van der Waals surface area contributed by atoms with E-state index in [1.54, 1.807) is 0 Å². The van der Waals surface area contributed by atoms with E-state index in [0.29, 0.717) is 0 Å². The van der Waals surface area contributed by atoms with Crippen LogP contribution in [0.5, 0.6) is 0 Å². The topological polar surface area (TPSA) is 0 Å². The SMILES string of the molecule is C/C=C(C)\C=C/C=C(C)C. The molecule has 0 radical (unpaired) electrons. The lowest BCUT2D eigenvalue weighted by Gasteiger charge is -1.85. The third-order valence-corrected chi connectivity index (χ3v) is 1.24. The van der Waals surface area contributed by atoms with Gasteiger partial charge in [0.25, 0.3) is 0 Å². The van der Waals surface area contributed by atoms with Gasteiger partial charge in [0.15, 0.2) is 0 Å². The fraction of sp³-hybridized carbons (Fsp3) is 0.400. The molecule has 0 nitrogen and oxygen atoms in total. The van der Waals surface area contributed by atoms with Gasteiger partial charge < -0.3 is 0 Å². The van der Waals surface area contributed by atoms with E-state index in [-0.39, 0.29) is 0 Å². The second-order valence-corrected chi connectivity index (χ2v) is 2.64. The number of rotatable bonds is 2. The lowest BCUT2D eigenvalue weighted by Crippen LogP contribution is -1.64. The molecule has 0 saturated heterocycles. The summed E-state index contributed by atoms with van der Waals surface area (Å²) in [6.07, 6.45) is 8.38. The van der Waals surface area contributed by atoms with Crippen LogP contribution >= 0.6 is 0 Å². The molecule has 0 aliphatic rings. The van der Waals surface area contributed by atoms with Crippen LogP contribution in [0.3, 0.4) is 0 Å². The Morgan fingerprint density at radius 2 is 1.70 bits per heavy atom.